The van der Waals surface area contributed by atoms with Crippen molar-refractivity contribution in [2.75, 3.05) is 13.2 Å². The number of hydrogen-bond donors (Lipinski definition) is 0. The van der Waals surface area contributed by atoms with Crippen LogP contribution in [0, 0.1) is 0 Å². The van der Waals surface area contributed by atoms with Crippen LogP contribution >= 0.6 is 0 Å². The lowest BCUT2D eigenvalue weighted by atomic mass is 10.0. The second kappa shape index (κ2) is 57.7. The van der Waals surface area contributed by atoms with Gasteiger partial charge < -0.3 is 14.2 Å². The lowest BCUT2D eigenvalue weighted by molar-refractivity contribution is -0.167. The van der Waals surface area contributed by atoms with E-state index in [0.29, 0.717) is 19.3 Å². The van der Waals surface area contributed by atoms with Gasteiger partial charge in [-0.15, -0.1) is 0 Å². The SMILES string of the molecule is CC/C=C\C/C=C\C/C=C\C/C=C\CCCCCCCCCCCCC(=O)OCC(COC(=O)CCCCCCCCCCCCCCC)OC(=O)CCCCCCC/C=C\CCCCCCCC. The molecule has 0 spiro atoms. The van der Waals surface area contributed by atoms with E-state index in [0.717, 1.165) is 89.9 Å². The van der Waals surface area contributed by atoms with E-state index in [2.05, 4.69) is 81.5 Å². The molecule has 0 bridgehead atoms. The van der Waals surface area contributed by atoms with Gasteiger partial charge >= 0.3 is 17.9 Å². The van der Waals surface area contributed by atoms with Gasteiger partial charge in [0.2, 0.25) is 0 Å². The topological polar surface area (TPSA) is 78.9 Å². The highest BCUT2D eigenvalue weighted by atomic mass is 16.6. The summed E-state index contributed by atoms with van der Waals surface area (Å²) in [5.74, 6) is -0.875. The Hall–Kier alpha value is -2.89. The van der Waals surface area contributed by atoms with Crippen LogP contribution < -0.4 is 0 Å². The van der Waals surface area contributed by atoms with Crippen LogP contribution in [-0.2, 0) is 28.6 Å². The molecule has 6 heteroatoms. The Kier molecular flexibility index (Phi) is 55.3. The molecule has 400 valence electrons. The normalized spacial score (nSPS) is 12.4. The summed E-state index contributed by atoms with van der Waals surface area (Å²) in [6.45, 7) is 6.54. The van der Waals surface area contributed by atoms with E-state index in [1.54, 1.807) is 0 Å². The molecule has 1 atom stereocenters. The first-order valence-electron chi connectivity index (χ1n) is 29.8. The standard InChI is InChI=1S/C63H112O6/c1-4-7-10-13-16-19-22-25-27-28-29-30-31-32-33-34-36-38-41-44-47-50-53-56-62(65)68-59-60(58-67-61(64)55-52-49-46-43-40-37-24-21-18-15-12-9-6-3)69-63(66)57-54-51-48-45-42-39-35-26-23-20-17-14-11-8-5-2/h7,10,16,19,25-27,29-30,35,60H,4-6,8-9,11-15,17-18,20-24,28,31-34,36-59H2,1-3H3/b10-7-,19-16-,27-25-,30-29-,35-26-. The second-order valence-electron chi connectivity index (χ2n) is 19.9. The number of unbranched alkanes of at least 4 members (excludes halogenated alkanes) is 33. The van der Waals surface area contributed by atoms with Crippen LogP contribution in [0.1, 0.15) is 303 Å². The minimum Gasteiger partial charge on any atom is -0.462 e. The van der Waals surface area contributed by atoms with E-state index in [-0.39, 0.29) is 31.1 Å². The Balaban J connectivity index is 4.31. The molecule has 0 aromatic rings. The van der Waals surface area contributed by atoms with Crippen molar-refractivity contribution in [3.8, 4) is 0 Å². The zero-order chi connectivity index (χ0) is 50.0. The minimum atomic E-state index is -0.778. The van der Waals surface area contributed by atoms with Crippen LogP contribution in [-0.4, -0.2) is 37.2 Å². The van der Waals surface area contributed by atoms with E-state index >= 15 is 0 Å². The molecule has 0 saturated carbocycles. The van der Waals surface area contributed by atoms with E-state index in [1.165, 1.54) is 173 Å². The number of esters is 3. The summed E-state index contributed by atoms with van der Waals surface area (Å²) >= 11 is 0. The third-order valence-electron chi connectivity index (χ3n) is 13.0. The molecule has 0 amide bonds. The molecule has 1 unspecified atom stereocenters. The monoisotopic (exact) mass is 965 g/mol. The molecule has 0 aliphatic rings. The summed E-state index contributed by atoms with van der Waals surface area (Å²) in [5, 5.41) is 0. The molecule has 0 aliphatic heterocycles. The van der Waals surface area contributed by atoms with Gasteiger partial charge in [-0.2, -0.15) is 0 Å². The first-order chi connectivity index (χ1) is 34.0. The Morgan fingerprint density at radius 2 is 0.565 bits per heavy atom. The molecule has 0 rings (SSSR count). The van der Waals surface area contributed by atoms with Crippen molar-refractivity contribution in [3.63, 3.8) is 0 Å². The van der Waals surface area contributed by atoms with Gasteiger partial charge in [0.05, 0.1) is 0 Å². The molecule has 0 radical (unpaired) electrons. The highest BCUT2D eigenvalue weighted by molar-refractivity contribution is 5.71. The van der Waals surface area contributed by atoms with Crippen molar-refractivity contribution >= 4 is 17.9 Å². The van der Waals surface area contributed by atoms with Crippen molar-refractivity contribution in [1.29, 1.82) is 0 Å². The maximum absolute atomic E-state index is 12.9. The Bertz CT molecular complexity index is 1250. The zero-order valence-electron chi connectivity index (χ0n) is 45.8. The number of hydrogen-bond acceptors (Lipinski definition) is 6. The van der Waals surface area contributed by atoms with Crippen LogP contribution in [0.4, 0.5) is 0 Å². The maximum atomic E-state index is 12.9. The molecule has 0 aromatic carbocycles. The van der Waals surface area contributed by atoms with Gasteiger partial charge in [-0.25, -0.2) is 0 Å². The number of rotatable bonds is 54. The molecule has 6 nitrogen and oxygen atoms in total. The molecule has 0 aromatic heterocycles. The van der Waals surface area contributed by atoms with Crippen molar-refractivity contribution in [1.82, 2.24) is 0 Å². The Morgan fingerprint density at radius 1 is 0.304 bits per heavy atom. The highest BCUT2D eigenvalue weighted by Crippen LogP contribution is 2.16. The third-order valence-corrected chi connectivity index (χ3v) is 13.0. The summed E-state index contributed by atoms with van der Waals surface area (Å²) in [6, 6.07) is 0. The zero-order valence-corrected chi connectivity index (χ0v) is 45.8. The summed E-state index contributed by atoms with van der Waals surface area (Å²) in [6.07, 6.45) is 72.1. The predicted molar refractivity (Wildman–Crippen MR) is 298 cm³/mol. The highest BCUT2D eigenvalue weighted by Gasteiger charge is 2.19. The second-order valence-corrected chi connectivity index (χ2v) is 19.9. The molecule has 0 fully saturated rings. The molecular weight excluding hydrogens is 853 g/mol. The average molecular weight is 966 g/mol. The number of allylic oxidation sites excluding steroid dienone is 10. The molecule has 69 heavy (non-hydrogen) atoms. The molecule has 0 N–H and O–H groups in total. The van der Waals surface area contributed by atoms with Crippen LogP contribution in [0.25, 0.3) is 0 Å². The molecule has 0 heterocycles. The van der Waals surface area contributed by atoms with Gasteiger partial charge in [0, 0.05) is 19.3 Å². The van der Waals surface area contributed by atoms with Crippen molar-refractivity contribution in [2.45, 2.75) is 309 Å². The lowest BCUT2D eigenvalue weighted by Crippen LogP contribution is -2.30. The predicted octanol–water partition coefficient (Wildman–Crippen LogP) is 20.0. The van der Waals surface area contributed by atoms with Gasteiger partial charge in [-0.1, -0.05) is 261 Å². The lowest BCUT2D eigenvalue weighted by Gasteiger charge is -2.18. The number of carbonyl (C=O) groups is 3. The summed E-state index contributed by atoms with van der Waals surface area (Å²) < 4.78 is 16.9. The largest absolute Gasteiger partial charge is 0.462 e. The molecule has 0 aliphatic carbocycles. The van der Waals surface area contributed by atoms with Gasteiger partial charge in [0.25, 0.3) is 0 Å². The third kappa shape index (κ3) is 55.9. The Labute approximate surface area is 428 Å². The van der Waals surface area contributed by atoms with Crippen LogP contribution in [0.15, 0.2) is 60.8 Å². The quantitative estimate of drug-likeness (QED) is 0.0262. The van der Waals surface area contributed by atoms with Gasteiger partial charge in [-0.3, -0.25) is 14.4 Å². The maximum Gasteiger partial charge on any atom is 0.306 e. The molecule has 0 saturated heterocycles. The van der Waals surface area contributed by atoms with Gasteiger partial charge in [-0.05, 0) is 83.5 Å². The van der Waals surface area contributed by atoms with Gasteiger partial charge in [0.1, 0.15) is 13.2 Å². The first kappa shape index (κ1) is 66.1. The fourth-order valence-corrected chi connectivity index (χ4v) is 8.55. The van der Waals surface area contributed by atoms with Crippen molar-refractivity contribution < 1.29 is 28.6 Å². The van der Waals surface area contributed by atoms with E-state index in [1.807, 2.05) is 0 Å². The van der Waals surface area contributed by atoms with Crippen LogP contribution in [0.5, 0.6) is 0 Å². The van der Waals surface area contributed by atoms with E-state index in [9.17, 15) is 14.4 Å². The van der Waals surface area contributed by atoms with Crippen LogP contribution in [0.3, 0.4) is 0 Å². The van der Waals surface area contributed by atoms with Crippen LogP contribution in [0.2, 0.25) is 0 Å². The number of carbonyl (C=O) groups excluding carboxylic acids is 3. The van der Waals surface area contributed by atoms with Crippen molar-refractivity contribution in [3.05, 3.63) is 60.8 Å². The van der Waals surface area contributed by atoms with E-state index in [4.69, 9.17) is 14.2 Å². The first-order valence-corrected chi connectivity index (χ1v) is 29.8. The summed E-state index contributed by atoms with van der Waals surface area (Å²) in [7, 11) is 0. The van der Waals surface area contributed by atoms with Crippen molar-refractivity contribution in [2.24, 2.45) is 0 Å². The average Bonchev–Trinajstić information content (AvgIpc) is 3.35. The Morgan fingerprint density at radius 3 is 0.899 bits per heavy atom. The van der Waals surface area contributed by atoms with Gasteiger partial charge in [0.15, 0.2) is 6.10 Å². The van der Waals surface area contributed by atoms with E-state index < -0.39 is 6.10 Å². The summed E-state index contributed by atoms with van der Waals surface area (Å²) in [4.78, 5) is 38.2. The summed E-state index contributed by atoms with van der Waals surface area (Å²) in [5.41, 5.74) is 0. The fourth-order valence-electron chi connectivity index (χ4n) is 8.55. The fraction of sp³-hybridized carbons (Fsp3) is 0.794. The minimum absolute atomic E-state index is 0.0754. The molecular formula is C63H112O6. The number of ether oxygens (including phenoxy) is 3. The smallest absolute Gasteiger partial charge is 0.306 e.